The van der Waals surface area contributed by atoms with Gasteiger partial charge in [0.15, 0.2) is 0 Å². The summed E-state index contributed by atoms with van der Waals surface area (Å²) in [5.74, 6) is 2.08. The van der Waals surface area contributed by atoms with E-state index in [0.29, 0.717) is 12.2 Å². The van der Waals surface area contributed by atoms with Gasteiger partial charge in [0.1, 0.15) is 5.82 Å². The van der Waals surface area contributed by atoms with Crippen LogP contribution in [0, 0.1) is 5.92 Å². The van der Waals surface area contributed by atoms with Crippen LogP contribution in [-0.2, 0) is 0 Å². The van der Waals surface area contributed by atoms with Crippen molar-refractivity contribution in [2.24, 2.45) is 5.92 Å². The summed E-state index contributed by atoms with van der Waals surface area (Å²) in [7, 11) is 0. The van der Waals surface area contributed by atoms with Gasteiger partial charge in [0.25, 0.3) is 0 Å². The minimum atomic E-state index is 0.491. The van der Waals surface area contributed by atoms with Gasteiger partial charge >= 0.3 is 0 Å². The van der Waals surface area contributed by atoms with Crippen LogP contribution in [0.2, 0.25) is 0 Å². The number of fused-ring (bicyclic) bond motifs is 1. The van der Waals surface area contributed by atoms with Gasteiger partial charge in [0.05, 0.1) is 16.4 Å². The fourth-order valence-electron chi connectivity index (χ4n) is 5.72. The maximum Gasteiger partial charge on any atom is 0.150 e. The minimum Gasteiger partial charge on any atom is -0.353 e. The molecule has 2 aliphatic heterocycles. The zero-order chi connectivity index (χ0) is 21.0. The first-order valence-electron chi connectivity index (χ1n) is 12.1. The maximum atomic E-state index is 5.37. The van der Waals surface area contributed by atoms with Gasteiger partial charge in [0.2, 0.25) is 0 Å². The Hall–Kier alpha value is -1.28. The summed E-state index contributed by atoms with van der Waals surface area (Å²) >= 11 is 7.00. The molecule has 1 saturated carbocycles. The predicted octanol–water partition coefficient (Wildman–Crippen LogP) is 4.34. The third-order valence-electron chi connectivity index (χ3n) is 7.64. The zero-order valence-electron chi connectivity index (χ0n) is 18.4. The predicted molar refractivity (Wildman–Crippen MR) is 135 cm³/mol. The van der Waals surface area contributed by atoms with Gasteiger partial charge in [-0.1, -0.05) is 24.4 Å². The first-order valence-corrected chi connectivity index (χ1v) is 13.3. The van der Waals surface area contributed by atoms with E-state index in [-0.39, 0.29) is 0 Å². The molecule has 7 heteroatoms. The molecular weight excluding hydrogens is 422 g/mol. The van der Waals surface area contributed by atoms with Crippen LogP contribution in [0.25, 0.3) is 10.1 Å². The van der Waals surface area contributed by atoms with Crippen molar-refractivity contribution in [1.82, 2.24) is 19.5 Å². The summed E-state index contributed by atoms with van der Waals surface area (Å²) < 4.78 is 6.05. The maximum absolute atomic E-state index is 5.37. The molecule has 3 heterocycles. The molecule has 1 unspecified atom stereocenters. The lowest BCUT2D eigenvalue weighted by Gasteiger charge is -2.40. The van der Waals surface area contributed by atoms with E-state index in [1.165, 1.54) is 67.4 Å². The average molecular weight is 458 g/mol. The Labute approximate surface area is 195 Å². The lowest BCUT2D eigenvalue weighted by molar-refractivity contribution is 0.151. The number of hydrogen-bond acceptors (Lipinski definition) is 6. The number of thiocarbonyl (C=S) groups is 1. The SMILES string of the molecule is S=CN(C1CCC(CCN2CCN(c3nsc4ccccc34)CC2)CC1)C1CCCN1. The zero-order valence-corrected chi connectivity index (χ0v) is 20.0. The van der Waals surface area contributed by atoms with Crippen molar-refractivity contribution >= 4 is 45.1 Å². The Morgan fingerprint density at radius 1 is 1.10 bits per heavy atom. The number of hydrogen-bond donors (Lipinski definition) is 1. The van der Waals surface area contributed by atoms with Crippen molar-refractivity contribution in [2.45, 2.75) is 57.2 Å². The van der Waals surface area contributed by atoms with E-state index in [4.69, 9.17) is 16.6 Å². The Balaban J connectivity index is 1.05. The second-order valence-electron chi connectivity index (χ2n) is 9.46. The number of aromatic nitrogens is 1. The lowest BCUT2D eigenvalue weighted by atomic mass is 9.83. The second kappa shape index (κ2) is 10.1. The van der Waals surface area contributed by atoms with Crippen LogP contribution in [0.15, 0.2) is 24.3 Å². The molecule has 3 fully saturated rings. The van der Waals surface area contributed by atoms with E-state index in [1.807, 2.05) is 5.49 Å². The summed E-state index contributed by atoms with van der Waals surface area (Å²) in [6, 6.07) is 9.28. The average Bonchev–Trinajstić information content (AvgIpc) is 3.50. The van der Waals surface area contributed by atoms with Crippen molar-refractivity contribution in [3.8, 4) is 0 Å². The van der Waals surface area contributed by atoms with Crippen molar-refractivity contribution in [3.63, 3.8) is 0 Å². The van der Waals surface area contributed by atoms with Gasteiger partial charge in [-0.05, 0) is 87.6 Å². The summed E-state index contributed by atoms with van der Waals surface area (Å²) in [5, 5.41) is 4.94. The number of benzene rings is 1. The van der Waals surface area contributed by atoms with Crippen LogP contribution in [0.5, 0.6) is 0 Å². The molecule has 0 spiro atoms. The van der Waals surface area contributed by atoms with Crippen LogP contribution in [0.3, 0.4) is 0 Å². The van der Waals surface area contributed by atoms with Crippen LogP contribution >= 0.6 is 23.8 Å². The monoisotopic (exact) mass is 457 g/mol. The Bertz CT molecular complexity index is 849. The highest BCUT2D eigenvalue weighted by atomic mass is 32.1. The molecule has 0 radical (unpaired) electrons. The summed E-state index contributed by atoms with van der Waals surface area (Å²) in [6.45, 7) is 6.91. The third kappa shape index (κ3) is 4.90. The molecule has 2 aromatic rings. The van der Waals surface area contributed by atoms with Crippen LogP contribution in [0.1, 0.15) is 44.9 Å². The van der Waals surface area contributed by atoms with Crippen molar-refractivity contribution in [1.29, 1.82) is 0 Å². The number of piperazine rings is 1. The molecule has 1 aromatic heterocycles. The number of nitrogens with zero attached hydrogens (tertiary/aromatic N) is 4. The van der Waals surface area contributed by atoms with Gasteiger partial charge in [-0.3, -0.25) is 10.2 Å². The third-order valence-corrected chi connectivity index (χ3v) is 8.70. The number of rotatable bonds is 7. The molecule has 0 amide bonds. The molecule has 2 saturated heterocycles. The molecule has 1 N–H and O–H groups in total. The normalized spacial score (nSPS) is 27.6. The van der Waals surface area contributed by atoms with Crippen LogP contribution < -0.4 is 10.2 Å². The summed E-state index contributed by atoms with van der Waals surface area (Å²) in [5.41, 5.74) is 1.93. The summed E-state index contributed by atoms with van der Waals surface area (Å²) in [6.07, 6.45) is 9.71. The largest absolute Gasteiger partial charge is 0.353 e. The molecule has 0 bridgehead atoms. The van der Waals surface area contributed by atoms with Gasteiger partial charge in [-0.25, -0.2) is 0 Å². The van der Waals surface area contributed by atoms with E-state index >= 15 is 0 Å². The fourth-order valence-corrected chi connectivity index (χ4v) is 6.83. The van der Waals surface area contributed by atoms with E-state index in [9.17, 15) is 0 Å². The van der Waals surface area contributed by atoms with E-state index in [2.05, 4.69) is 44.3 Å². The lowest BCUT2D eigenvalue weighted by Crippen LogP contribution is -2.48. The highest BCUT2D eigenvalue weighted by molar-refractivity contribution is 7.78. The molecule has 168 valence electrons. The van der Waals surface area contributed by atoms with E-state index in [1.54, 1.807) is 11.5 Å². The molecule has 5 rings (SSSR count). The highest BCUT2D eigenvalue weighted by Crippen LogP contribution is 2.32. The minimum absolute atomic E-state index is 0.491. The molecular formula is C24H35N5S2. The fraction of sp³-hybridized carbons (Fsp3) is 0.667. The van der Waals surface area contributed by atoms with Gasteiger partial charge in [-0.2, -0.15) is 4.37 Å². The number of anilines is 1. The van der Waals surface area contributed by atoms with Crippen molar-refractivity contribution in [2.75, 3.05) is 44.2 Å². The summed E-state index contributed by atoms with van der Waals surface area (Å²) in [4.78, 5) is 7.61. The molecule has 1 atom stereocenters. The molecule has 3 aliphatic rings. The quantitative estimate of drug-likeness (QED) is 0.623. The van der Waals surface area contributed by atoms with Crippen molar-refractivity contribution in [3.05, 3.63) is 24.3 Å². The Kier molecular flexibility index (Phi) is 7.03. The van der Waals surface area contributed by atoms with Crippen LogP contribution in [-0.4, -0.2) is 71.1 Å². The number of nitrogens with one attached hydrogen (secondary N) is 1. The Morgan fingerprint density at radius 2 is 1.90 bits per heavy atom. The van der Waals surface area contributed by atoms with E-state index < -0.39 is 0 Å². The molecule has 1 aromatic carbocycles. The second-order valence-corrected chi connectivity index (χ2v) is 10.5. The van der Waals surface area contributed by atoms with E-state index in [0.717, 1.165) is 38.6 Å². The van der Waals surface area contributed by atoms with Crippen LogP contribution in [0.4, 0.5) is 5.82 Å². The first kappa shape index (κ1) is 21.6. The molecule has 1 aliphatic carbocycles. The van der Waals surface area contributed by atoms with Crippen molar-refractivity contribution < 1.29 is 0 Å². The topological polar surface area (TPSA) is 34.6 Å². The van der Waals surface area contributed by atoms with Gasteiger partial charge in [-0.15, -0.1) is 0 Å². The van der Waals surface area contributed by atoms with Gasteiger partial charge < -0.3 is 9.80 Å². The molecule has 5 nitrogen and oxygen atoms in total. The van der Waals surface area contributed by atoms with Gasteiger partial charge in [0, 0.05) is 37.6 Å². The smallest absolute Gasteiger partial charge is 0.150 e. The first-order chi connectivity index (χ1) is 15.3. The highest BCUT2D eigenvalue weighted by Gasteiger charge is 2.30. The standard InChI is InChI=1S/C24H35N5S2/c30-18-29(23-6-3-12-25-23)20-9-7-19(8-10-20)11-13-27-14-16-28(17-15-27)24-21-4-1-2-5-22(21)31-26-24/h1-2,4-5,18-20,23,25H,3,6-17H2. The Morgan fingerprint density at radius 3 is 2.65 bits per heavy atom. The molecule has 31 heavy (non-hydrogen) atoms.